The molecule has 1 aromatic heterocycles. The molecule has 0 radical (unpaired) electrons. The summed E-state index contributed by atoms with van der Waals surface area (Å²) in [7, 11) is 0. The van der Waals surface area contributed by atoms with Crippen LogP contribution in [0.5, 0.6) is 0 Å². The highest BCUT2D eigenvalue weighted by molar-refractivity contribution is 6.35. The van der Waals surface area contributed by atoms with Crippen LogP contribution >= 0.6 is 11.6 Å². The highest BCUT2D eigenvalue weighted by Gasteiger charge is 2.01. The minimum Gasteiger partial charge on any atom is -0.347 e. The van der Waals surface area contributed by atoms with E-state index in [1.807, 2.05) is 12.1 Å². The summed E-state index contributed by atoms with van der Waals surface area (Å²) in [4.78, 5) is 0. The van der Waals surface area contributed by atoms with E-state index in [9.17, 15) is 0 Å². The zero-order valence-electron chi connectivity index (χ0n) is 7.63. The lowest BCUT2D eigenvalue weighted by molar-refractivity contribution is 0.703. The number of rotatable bonds is 2. The molecule has 0 saturated carbocycles. The van der Waals surface area contributed by atoms with Crippen LogP contribution in [-0.4, -0.2) is 4.57 Å². The summed E-state index contributed by atoms with van der Waals surface area (Å²) >= 11 is 6.06. The Morgan fingerprint density at radius 1 is 1.31 bits per heavy atom. The van der Waals surface area contributed by atoms with E-state index in [1.54, 1.807) is 0 Å². The van der Waals surface area contributed by atoms with Crippen molar-refractivity contribution in [2.45, 2.75) is 19.9 Å². The Labute approximate surface area is 82.9 Å². The Hall–Kier alpha value is -0.950. The molecule has 0 bridgehead atoms. The Morgan fingerprint density at radius 2 is 2.15 bits per heavy atom. The van der Waals surface area contributed by atoms with Gasteiger partial charge >= 0.3 is 0 Å². The summed E-state index contributed by atoms with van der Waals surface area (Å²) in [6.07, 6.45) is 3.25. The summed E-state index contributed by atoms with van der Waals surface area (Å²) in [5, 5.41) is 1.99. The zero-order valence-corrected chi connectivity index (χ0v) is 8.38. The van der Waals surface area contributed by atoms with Gasteiger partial charge in [0.25, 0.3) is 0 Å². The maximum atomic E-state index is 6.06. The van der Waals surface area contributed by atoms with Crippen LogP contribution in [-0.2, 0) is 6.54 Å². The van der Waals surface area contributed by atoms with E-state index in [2.05, 4.69) is 29.8 Å². The van der Waals surface area contributed by atoms with Gasteiger partial charge in [-0.2, -0.15) is 0 Å². The first-order valence-corrected chi connectivity index (χ1v) is 4.94. The summed E-state index contributed by atoms with van der Waals surface area (Å²) in [6, 6.07) is 8.11. The Balaban J connectivity index is 2.61. The van der Waals surface area contributed by atoms with E-state index in [-0.39, 0.29) is 0 Å². The van der Waals surface area contributed by atoms with Gasteiger partial charge in [0.2, 0.25) is 0 Å². The second-order valence-electron chi connectivity index (χ2n) is 3.18. The first-order valence-electron chi connectivity index (χ1n) is 4.56. The lowest BCUT2D eigenvalue weighted by Crippen LogP contribution is -1.93. The predicted molar refractivity (Wildman–Crippen MR) is 57.2 cm³/mol. The summed E-state index contributed by atoms with van der Waals surface area (Å²) in [5.41, 5.74) is 1.23. The van der Waals surface area contributed by atoms with Crippen LogP contribution in [0.2, 0.25) is 5.02 Å². The predicted octanol–water partition coefficient (Wildman–Crippen LogP) is 3.70. The Morgan fingerprint density at radius 3 is 2.92 bits per heavy atom. The van der Waals surface area contributed by atoms with Crippen LogP contribution in [0.3, 0.4) is 0 Å². The van der Waals surface area contributed by atoms with E-state index in [4.69, 9.17) is 11.6 Å². The number of halogens is 1. The van der Waals surface area contributed by atoms with Gasteiger partial charge in [0, 0.05) is 28.7 Å². The topological polar surface area (TPSA) is 4.93 Å². The molecule has 2 rings (SSSR count). The standard InChI is InChI=1S/C11H12ClN/c1-2-7-13-8-6-9-10(12)4-3-5-11(9)13/h3-6,8H,2,7H2,1H3. The Bertz CT molecular complexity index is 417. The lowest BCUT2D eigenvalue weighted by Gasteiger charge is -2.02. The van der Waals surface area contributed by atoms with Gasteiger partial charge < -0.3 is 4.57 Å². The highest BCUT2D eigenvalue weighted by atomic mass is 35.5. The first kappa shape index (κ1) is 8.64. The molecule has 0 fully saturated rings. The van der Waals surface area contributed by atoms with Crippen LogP contribution in [0.4, 0.5) is 0 Å². The van der Waals surface area contributed by atoms with Crippen molar-refractivity contribution in [2.24, 2.45) is 0 Å². The third-order valence-corrected chi connectivity index (χ3v) is 2.55. The molecule has 0 aliphatic carbocycles. The van der Waals surface area contributed by atoms with Crippen molar-refractivity contribution >= 4 is 22.5 Å². The lowest BCUT2D eigenvalue weighted by atomic mass is 10.2. The third-order valence-electron chi connectivity index (χ3n) is 2.22. The maximum Gasteiger partial charge on any atom is 0.0499 e. The van der Waals surface area contributed by atoms with Gasteiger partial charge in [-0.05, 0) is 24.6 Å². The molecule has 2 heteroatoms. The number of nitrogens with zero attached hydrogens (tertiary/aromatic N) is 1. The molecule has 0 aliphatic rings. The van der Waals surface area contributed by atoms with Gasteiger partial charge in [0.15, 0.2) is 0 Å². The molecule has 1 aromatic carbocycles. The smallest absolute Gasteiger partial charge is 0.0499 e. The maximum absolute atomic E-state index is 6.06. The number of benzene rings is 1. The van der Waals surface area contributed by atoms with E-state index in [0.717, 1.165) is 23.4 Å². The van der Waals surface area contributed by atoms with Gasteiger partial charge in [-0.3, -0.25) is 0 Å². The summed E-state index contributed by atoms with van der Waals surface area (Å²) in [6.45, 7) is 3.24. The van der Waals surface area contributed by atoms with Gasteiger partial charge in [0.1, 0.15) is 0 Å². The van der Waals surface area contributed by atoms with E-state index in [0.29, 0.717) is 0 Å². The van der Waals surface area contributed by atoms with E-state index < -0.39 is 0 Å². The molecule has 1 nitrogen and oxygen atoms in total. The molecule has 0 atom stereocenters. The number of hydrogen-bond acceptors (Lipinski definition) is 0. The molecule has 0 saturated heterocycles. The molecule has 0 amide bonds. The first-order chi connectivity index (χ1) is 6.33. The molecule has 0 N–H and O–H groups in total. The third kappa shape index (κ3) is 1.44. The molecule has 2 aromatic rings. The minimum atomic E-state index is 0.840. The van der Waals surface area contributed by atoms with Crippen LogP contribution in [0.1, 0.15) is 13.3 Å². The second kappa shape index (κ2) is 3.43. The monoisotopic (exact) mass is 193 g/mol. The number of hydrogen-bond donors (Lipinski definition) is 0. The van der Waals surface area contributed by atoms with Crippen molar-refractivity contribution < 1.29 is 0 Å². The van der Waals surface area contributed by atoms with Crippen LogP contribution in [0.25, 0.3) is 10.9 Å². The van der Waals surface area contributed by atoms with Gasteiger partial charge in [-0.15, -0.1) is 0 Å². The molecule has 0 unspecified atom stereocenters. The Kier molecular flexibility index (Phi) is 2.28. The average molecular weight is 194 g/mol. The van der Waals surface area contributed by atoms with Crippen LogP contribution < -0.4 is 0 Å². The van der Waals surface area contributed by atoms with Crippen molar-refractivity contribution in [3.8, 4) is 0 Å². The SMILES string of the molecule is CCCn1ccc2c(Cl)cccc21. The molecule has 1 heterocycles. The molecule has 0 spiro atoms. The minimum absolute atomic E-state index is 0.840. The van der Waals surface area contributed by atoms with Gasteiger partial charge in [0.05, 0.1) is 0 Å². The van der Waals surface area contributed by atoms with Crippen LogP contribution in [0, 0.1) is 0 Å². The summed E-state index contributed by atoms with van der Waals surface area (Å²) in [5.74, 6) is 0. The van der Waals surface area contributed by atoms with Crippen molar-refractivity contribution in [1.29, 1.82) is 0 Å². The molecule has 13 heavy (non-hydrogen) atoms. The second-order valence-corrected chi connectivity index (χ2v) is 3.59. The normalized spacial score (nSPS) is 10.9. The molecule has 68 valence electrons. The fourth-order valence-electron chi connectivity index (χ4n) is 1.62. The van der Waals surface area contributed by atoms with E-state index in [1.165, 1.54) is 5.52 Å². The molecular weight excluding hydrogens is 182 g/mol. The van der Waals surface area contributed by atoms with Crippen molar-refractivity contribution in [3.05, 3.63) is 35.5 Å². The van der Waals surface area contributed by atoms with Crippen molar-refractivity contribution in [2.75, 3.05) is 0 Å². The highest BCUT2D eigenvalue weighted by Crippen LogP contribution is 2.24. The molecule has 0 aliphatic heterocycles. The van der Waals surface area contributed by atoms with Gasteiger partial charge in [-0.1, -0.05) is 24.6 Å². The average Bonchev–Trinajstić information content (AvgIpc) is 2.51. The van der Waals surface area contributed by atoms with Crippen LogP contribution in [0.15, 0.2) is 30.5 Å². The summed E-state index contributed by atoms with van der Waals surface area (Å²) < 4.78 is 2.24. The quantitative estimate of drug-likeness (QED) is 0.686. The molecular formula is C11H12ClN. The fourth-order valence-corrected chi connectivity index (χ4v) is 1.85. The van der Waals surface area contributed by atoms with E-state index >= 15 is 0 Å². The largest absolute Gasteiger partial charge is 0.347 e. The number of aromatic nitrogens is 1. The fraction of sp³-hybridized carbons (Fsp3) is 0.273. The van der Waals surface area contributed by atoms with Crippen molar-refractivity contribution in [3.63, 3.8) is 0 Å². The van der Waals surface area contributed by atoms with Gasteiger partial charge in [-0.25, -0.2) is 0 Å². The number of aryl methyl sites for hydroxylation is 1. The van der Waals surface area contributed by atoms with Crippen molar-refractivity contribution in [1.82, 2.24) is 4.57 Å². The zero-order chi connectivity index (χ0) is 9.26. The number of fused-ring (bicyclic) bond motifs is 1.